The monoisotopic (exact) mass is 393 g/mol. The van der Waals surface area contributed by atoms with Crippen molar-refractivity contribution in [2.24, 2.45) is 5.73 Å². The van der Waals surface area contributed by atoms with E-state index in [0.29, 0.717) is 5.69 Å². The van der Waals surface area contributed by atoms with Gasteiger partial charge in [-0.25, -0.2) is 0 Å². The predicted molar refractivity (Wildman–Crippen MR) is 102 cm³/mol. The third kappa shape index (κ3) is 4.55. The molecule has 4 nitrogen and oxygen atoms in total. The normalized spacial score (nSPS) is 11.9. The average molecular weight is 393 g/mol. The molecule has 5 heteroatoms. The molecule has 0 aliphatic rings. The Balaban J connectivity index is 1.86. The summed E-state index contributed by atoms with van der Waals surface area (Å²) in [6.07, 6.45) is 1.00. The molecule has 25 heavy (non-hydrogen) atoms. The van der Waals surface area contributed by atoms with E-state index in [9.17, 15) is 4.79 Å². The quantitative estimate of drug-likeness (QED) is 0.655. The van der Waals surface area contributed by atoms with Crippen molar-refractivity contribution in [2.75, 3.05) is 0 Å². The number of rotatable bonds is 6. The Hall–Kier alpha value is -2.45. The summed E-state index contributed by atoms with van der Waals surface area (Å²) in [4.78, 5) is 20.9. The van der Waals surface area contributed by atoms with E-state index in [1.165, 1.54) is 5.56 Å². The Morgan fingerprint density at radius 3 is 2.28 bits per heavy atom. The summed E-state index contributed by atoms with van der Waals surface area (Å²) in [6.45, 7) is 0. The summed E-state index contributed by atoms with van der Waals surface area (Å²) in [5, 5.41) is 1.05. The van der Waals surface area contributed by atoms with Crippen LogP contribution in [0.1, 0.15) is 16.1 Å². The molecule has 3 rings (SSSR count). The van der Waals surface area contributed by atoms with Crippen molar-refractivity contribution in [1.82, 2.24) is 9.97 Å². The van der Waals surface area contributed by atoms with Crippen LogP contribution in [0.25, 0.3) is 11.3 Å². The fraction of sp³-hybridized carbons (Fsp3) is 0.150. The van der Waals surface area contributed by atoms with Gasteiger partial charge in [-0.1, -0.05) is 0 Å². The van der Waals surface area contributed by atoms with E-state index in [0.717, 1.165) is 27.5 Å². The Kier molecular flexibility index (Phi) is 5.62. The second-order valence-electron chi connectivity index (χ2n) is 5.83. The summed E-state index contributed by atoms with van der Waals surface area (Å²) >= 11 is -1.46. The van der Waals surface area contributed by atoms with Crippen molar-refractivity contribution >= 4 is 25.2 Å². The molecule has 1 atom stereocenters. The molecule has 1 amide bonds. The first kappa shape index (κ1) is 17.4. The Labute approximate surface area is 152 Å². The zero-order valence-corrected chi connectivity index (χ0v) is 16.0. The van der Waals surface area contributed by atoms with Crippen molar-refractivity contribution in [3.8, 4) is 11.3 Å². The van der Waals surface area contributed by atoms with Gasteiger partial charge < -0.3 is 0 Å². The number of amides is 1. The molecule has 1 aromatic heterocycles. The maximum atomic E-state index is 11.7. The number of hydrogen-bond acceptors (Lipinski definition) is 3. The van der Waals surface area contributed by atoms with Gasteiger partial charge in [0.15, 0.2) is 0 Å². The number of hydrogen-bond donors (Lipinski definition) is 1. The van der Waals surface area contributed by atoms with Gasteiger partial charge in [0.1, 0.15) is 0 Å². The molecule has 0 fully saturated rings. The van der Waals surface area contributed by atoms with Gasteiger partial charge in [0.2, 0.25) is 0 Å². The number of aromatic nitrogens is 2. The SMILES string of the molecule is C[As](CCc1ccccc1)c1nc(C(N)=O)cc(-c2ccccc2)n1. The fourth-order valence-electron chi connectivity index (χ4n) is 2.53. The number of carbonyl (C=O) groups is 1. The van der Waals surface area contributed by atoms with Gasteiger partial charge in [-0.05, 0) is 0 Å². The van der Waals surface area contributed by atoms with Gasteiger partial charge in [0.25, 0.3) is 0 Å². The predicted octanol–water partition coefficient (Wildman–Crippen LogP) is 2.82. The molecule has 0 aliphatic heterocycles. The topological polar surface area (TPSA) is 68.9 Å². The van der Waals surface area contributed by atoms with Crippen LogP contribution in [-0.4, -0.2) is 30.5 Å². The summed E-state index contributed by atoms with van der Waals surface area (Å²) < 4.78 is 0.804. The van der Waals surface area contributed by atoms with E-state index < -0.39 is 20.6 Å². The van der Waals surface area contributed by atoms with E-state index in [2.05, 4.69) is 35.0 Å². The van der Waals surface area contributed by atoms with Crippen molar-refractivity contribution in [1.29, 1.82) is 0 Å². The minimum absolute atomic E-state index is 0.296. The van der Waals surface area contributed by atoms with E-state index in [-0.39, 0.29) is 0 Å². The van der Waals surface area contributed by atoms with Crippen LogP contribution in [0.5, 0.6) is 0 Å². The summed E-state index contributed by atoms with van der Waals surface area (Å²) in [7, 11) is 0. The third-order valence-electron chi connectivity index (χ3n) is 3.96. The second kappa shape index (κ2) is 8.08. The Bertz CT molecular complexity index is 853. The van der Waals surface area contributed by atoms with E-state index in [4.69, 9.17) is 10.7 Å². The van der Waals surface area contributed by atoms with Crippen molar-refractivity contribution in [3.05, 3.63) is 78.0 Å². The van der Waals surface area contributed by atoms with E-state index in [1.54, 1.807) is 6.07 Å². The summed E-state index contributed by atoms with van der Waals surface area (Å²) in [5.74, 6) is -0.508. The van der Waals surface area contributed by atoms with Crippen LogP contribution in [0.2, 0.25) is 10.9 Å². The van der Waals surface area contributed by atoms with Crippen LogP contribution in [-0.2, 0) is 6.42 Å². The average Bonchev–Trinajstić information content (AvgIpc) is 2.67. The van der Waals surface area contributed by atoms with Gasteiger partial charge >= 0.3 is 152 Å². The van der Waals surface area contributed by atoms with Gasteiger partial charge in [0.05, 0.1) is 0 Å². The first-order valence-corrected chi connectivity index (χ1v) is 12.3. The minimum atomic E-state index is -1.46. The number of benzene rings is 2. The number of nitrogens with two attached hydrogens (primary N) is 1. The van der Waals surface area contributed by atoms with Crippen LogP contribution >= 0.6 is 0 Å². The molecule has 0 saturated heterocycles. The molecular formula is C20H20AsN3O. The first-order valence-electron chi connectivity index (χ1n) is 8.13. The van der Waals surface area contributed by atoms with E-state index >= 15 is 0 Å². The van der Waals surface area contributed by atoms with Crippen LogP contribution in [0, 0.1) is 0 Å². The van der Waals surface area contributed by atoms with Crippen molar-refractivity contribution in [3.63, 3.8) is 0 Å². The number of aryl methyl sites for hydroxylation is 1. The molecule has 3 aromatic rings. The zero-order valence-electron chi connectivity index (χ0n) is 14.1. The Morgan fingerprint density at radius 1 is 1.00 bits per heavy atom. The second-order valence-corrected chi connectivity index (χ2v) is 10.5. The van der Waals surface area contributed by atoms with Gasteiger partial charge in [-0.2, -0.15) is 0 Å². The van der Waals surface area contributed by atoms with Crippen LogP contribution in [0.3, 0.4) is 0 Å². The standard InChI is InChI=1S/C20H20AsN3O/c1-21(13-12-15-8-4-2-5-9-15)20-23-17(14-18(24-20)19(22)25)16-10-6-3-7-11-16/h2-11,14H,12-13H2,1H3,(H2,22,25). The molecule has 1 unspecified atom stereocenters. The zero-order chi connectivity index (χ0) is 17.6. The molecular weight excluding hydrogens is 373 g/mol. The van der Waals surface area contributed by atoms with Crippen molar-refractivity contribution in [2.45, 2.75) is 17.3 Å². The van der Waals surface area contributed by atoms with E-state index in [1.807, 2.05) is 36.4 Å². The molecule has 0 bridgehead atoms. The van der Waals surface area contributed by atoms with Crippen LogP contribution < -0.4 is 10.3 Å². The first-order chi connectivity index (χ1) is 12.1. The molecule has 1 heterocycles. The van der Waals surface area contributed by atoms with Crippen LogP contribution in [0.15, 0.2) is 66.7 Å². The van der Waals surface area contributed by atoms with Gasteiger partial charge in [0, 0.05) is 0 Å². The fourth-order valence-corrected chi connectivity index (χ4v) is 5.36. The summed E-state index contributed by atoms with van der Waals surface area (Å²) in [5.41, 5.74) is 11.1. The van der Waals surface area contributed by atoms with Gasteiger partial charge in [-0.3, -0.25) is 0 Å². The third-order valence-corrected chi connectivity index (χ3v) is 7.69. The molecule has 0 radical (unpaired) electrons. The van der Waals surface area contributed by atoms with Crippen molar-refractivity contribution < 1.29 is 4.79 Å². The summed E-state index contributed by atoms with van der Waals surface area (Å²) in [6, 6.07) is 21.9. The molecule has 2 N–H and O–H groups in total. The maximum absolute atomic E-state index is 11.7. The van der Waals surface area contributed by atoms with Gasteiger partial charge in [-0.15, -0.1) is 0 Å². The molecule has 0 saturated carbocycles. The Morgan fingerprint density at radius 2 is 1.64 bits per heavy atom. The number of primary amides is 1. The molecule has 0 spiro atoms. The number of carbonyl (C=O) groups excluding carboxylic acids is 1. The van der Waals surface area contributed by atoms with Crippen LogP contribution in [0.4, 0.5) is 0 Å². The molecule has 2 aromatic carbocycles. The molecule has 126 valence electrons. The molecule has 0 aliphatic carbocycles. The number of nitrogens with zero attached hydrogens (tertiary/aromatic N) is 2.